The summed E-state index contributed by atoms with van der Waals surface area (Å²) in [6.45, 7) is 11.4. The van der Waals surface area contributed by atoms with Gasteiger partial charge >= 0.3 is 5.97 Å². The van der Waals surface area contributed by atoms with Gasteiger partial charge in [-0.25, -0.2) is 0 Å². The van der Waals surface area contributed by atoms with Crippen LogP contribution in [0.1, 0.15) is 82.9 Å². The number of carbonyl (C=O) groups excluding carboxylic acids is 1. The number of rotatable bonds is 3. The van der Waals surface area contributed by atoms with Gasteiger partial charge < -0.3 is 4.74 Å². The Labute approximate surface area is 147 Å². The summed E-state index contributed by atoms with van der Waals surface area (Å²) in [7, 11) is 0. The highest BCUT2D eigenvalue weighted by atomic mass is 16.5. The molecule has 2 nitrogen and oxygen atoms in total. The fourth-order valence-electron chi connectivity index (χ4n) is 5.44. The van der Waals surface area contributed by atoms with Gasteiger partial charge in [-0.05, 0) is 59.6 Å². The minimum absolute atomic E-state index is 0.104. The SMILES string of the molecule is CC(=O)OC[C@]1(C)CCC[C@]2(C)c3ccc(C(C)C)cc3CC[C@H]12. The van der Waals surface area contributed by atoms with Gasteiger partial charge in [-0.3, -0.25) is 4.79 Å². The number of esters is 1. The Kier molecular flexibility index (Phi) is 4.53. The van der Waals surface area contributed by atoms with E-state index in [-0.39, 0.29) is 16.8 Å². The van der Waals surface area contributed by atoms with Crippen LogP contribution in [0.2, 0.25) is 0 Å². The zero-order valence-corrected chi connectivity index (χ0v) is 15.9. The maximum absolute atomic E-state index is 11.3. The zero-order valence-electron chi connectivity index (χ0n) is 15.9. The summed E-state index contributed by atoms with van der Waals surface area (Å²) in [5, 5.41) is 0. The normalized spacial score (nSPS) is 32.2. The number of carbonyl (C=O) groups is 1. The van der Waals surface area contributed by atoms with E-state index in [1.165, 1.54) is 38.2 Å². The fraction of sp³-hybridized carbons (Fsp3) is 0.682. The van der Waals surface area contributed by atoms with Crippen molar-refractivity contribution >= 4 is 5.97 Å². The second-order valence-electron chi connectivity index (χ2n) is 8.87. The van der Waals surface area contributed by atoms with Crippen LogP contribution in [0.15, 0.2) is 18.2 Å². The Morgan fingerprint density at radius 2 is 2.04 bits per heavy atom. The average Bonchev–Trinajstić information content (AvgIpc) is 2.52. The Balaban J connectivity index is 1.95. The van der Waals surface area contributed by atoms with E-state index in [0.717, 1.165) is 6.42 Å². The van der Waals surface area contributed by atoms with Gasteiger partial charge in [0.1, 0.15) is 0 Å². The van der Waals surface area contributed by atoms with Gasteiger partial charge in [-0.1, -0.05) is 52.3 Å². The lowest BCUT2D eigenvalue weighted by Crippen LogP contribution is -2.51. The van der Waals surface area contributed by atoms with Crippen LogP contribution in [0.5, 0.6) is 0 Å². The Morgan fingerprint density at radius 1 is 1.29 bits per heavy atom. The van der Waals surface area contributed by atoms with Crippen molar-refractivity contribution in [1.29, 1.82) is 0 Å². The first-order valence-electron chi connectivity index (χ1n) is 9.53. The molecule has 2 heteroatoms. The number of benzene rings is 1. The van der Waals surface area contributed by atoms with Crippen LogP contribution >= 0.6 is 0 Å². The molecule has 3 rings (SSSR count). The molecule has 0 amide bonds. The van der Waals surface area contributed by atoms with E-state index in [0.29, 0.717) is 18.4 Å². The molecule has 0 radical (unpaired) electrons. The van der Waals surface area contributed by atoms with E-state index in [4.69, 9.17) is 4.74 Å². The molecular weight excluding hydrogens is 296 g/mol. The highest BCUT2D eigenvalue weighted by Crippen LogP contribution is 2.57. The summed E-state index contributed by atoms with van der Waals surface area (Å²) in [5.74, 6) is 1.03. The lowest BCUT2D eigenvalue weighted by molar-refractivity contribution is -0.148. The average molecular weight is 328 g/mol. The molecule has 0 bridgehead atoms. The molecule has 0 heterocycles. The summed E-state index contributed by atoms with van der Waals surface area (Å²) < 4.78 is 5.48. The first-order chi connectivity index (χ1) is 11.3. The molecule has 0 aromatic heterocycles. The quantitative estimate of drug-likeness (QED) is 0.696. The number of ether oxygens (including phenoxy) is 1. The molecule has 0 unspecified atom stereocenters. The first kappa shape index (κ1) is 17.5. The van der Waals surface area contributed by atoms with Gasteiger partial charge in [-0.15, -0.1) is 0 Å². The van der Waals surface area contributed by atoms with Crippen molar-refractivity contribution in [2.75, 3.05) is 6.61 Å². The van der Waals surface area contributed by atoms with Gasteiger partial charge in [0.05, 0.1) is 6.61 Å². The highest BCUT2D eigenvalue weighted by Gasteiger charge is 2.52. The Morgan fingerprint density at radius 3 is 2.71 bits per heavy atom. The standard InChI is InChI=1S/C22H32O2/c1-15(2)17-7-9-19-18(13-17)8-10-20-21(4,14-24-16(3)23)11-6-12-22(19,20)5/h7,9,13,15,20H,6,8,10-12,14H2,1-5H3/t20-,21+,22-/m1/s1. The number of aryl methyl sites for hydroxylation is 1. The monoisotopic (exact) mass is 328 g/mol. The van der Waals surface area contributed by atoms with Crippen molar-refractivity contribution < 1.29 is 9.53 Å². The summed E-state index contributed by atoms with van der Waals surface area (Å²) >= 11 is 0. The number of hydrogen-bond donors (Lipinski definition) is 0. The number of hydrogen-bond acceptors (Lipinski definition) is 2. The van der Waals surface area contributed by atoms with E-state index in [1.54, 1.807) is 11.1 Å². The Hall–Kier alpha value is -1.31. The van der Waals surface area contributed by atoms with E-state index in [2.05, 4.69) is 45.9 Å². The molecular formula is C22H32O2. The van der Waals surface area contributed by atoms with Crippen molar-refractivity contribution in [3.63, 3.8) is 0 Å². The molecule has 0 aliphatic heterocycles. The lowest BCUT2D eigenvalue weighted by atomic mass is 9.50. The van der Waals surface area contributed by atoms with E-state index >= 15 is 0 Å². The maximum atomic E-state index is 11.3. The minimum atomic E-state index is -0.152. The molecule has 1 aromatic rings. The van der Waals surface area contributed by atoms with Crippen LogP contribution in [0.3, 0.4) is 0 Å². The predicted octanol–water partition coefficient (Wildman–Crippen LogP) is 5.38. The van der Waals surface area contributed by atoms with E-state index in [1.807, 2.05) is 0 Å². The van der Waals surface area contributed by atoms with Crippen LogP contribution in [0, 0.1) is 11.3 Å². The summed E-state index contributed by atoms with van der Waals surface area (Å²) in [5.41, 5.74) is 4.88. The number of fused-ring (bicyclic) bond motifs is 3. The van der Waals surface area contributed by atoms with Crippen molar-refractivity contribution in [1.82, 2.24) is 0 Å². The maximum Gasteiger partial charge on any atom is 0.302 e. The van der Waals surface area contributed by atoms with Crippen LogP contribution in [-0.2, 0) is 21.4 Å². The van der Waals surface area contributed by atoms with Crippen LogP contribution in [0.25, 0.3) is 0 Å². The third-order valence-corrected chi connectivity index (χ3v) is 6.77. The van der Waals surface area contributed by atoms with Crippen molar-refractivity contribution in [3.8, 4) is 0 Å². The minimum Gasteiger partial charge on any atom is -0.465 e. The molecule has 24 heavy (non-hydrogen) atoms. The lowest BCUT2D eigenvalue weighted by Gasteiger charge is -2.55. The first-order valence-corrected chi connectivity index (χ1v) is 9.53. The summed E-state index contributed by atoms with van der Waals surface area (Å²) in [4.78, 5) is 11.3. The van der Waals surface area contributed by atoms with Gasteiger partial charge in [0.25, 0.3) is 0 Å². The molecule has 1 fully saturated rings. The van der Waals surface area contributed by atoms with Gasteiger partial charge in [0, 0.05) is 12.3 Å². The third kappa shape index (κ3) is 2.89. The molecule has 1 saturated carbocycles. The van der Waals surface area contributed by atoms with Crippen LogP contribution in [0.4, 0.5) is 0 Å². The van der Waals surface area contributed by atoms with E-state index < -0.39 is 0 Å². The van der Waals surface area contributed by atoms with Crippen molar-refractivity contribution in [3.05, 3.63) is 34.9 Å². The second kappa shape index (κ2) is 6.20. The molecule has 0 spiro atoms. The van der Waals surface area contributed by atoms with Gasteiger partial charge in [0.2, 0.25) is 0 Å². The molecule has 132 valence electrons. The molecule has 1 aromatic carbocycles. The van der Waals surface area contributed by atoms with Crippen LogP contribution < -0.4 is 0 Å². The molecule has 3 atom stereocenters. The smallest absolute Gasteiger partial charge is 0.302 e. The highest BCUT2D eigenvalue weighted by molar-refractivity contribution is 5.65. The molecule has 2 aliphatic carbocycles. The van der Waals surface area contributed by atoms with Gasteiger partial charge in [0.15, 0.2) is 0 Å². The topological polar surface area (TPSA) is 26.3 Å². The second-order valence-corrected chi connectivity index (χ2v) is 8.87. The van der Waals surface area contributed by atoms with Crippen molar-refractivity contribution in [2.24, 2.45) is 11.3 Å². The predicted molar refractivity (Wildman–Crippen MR) is 98.3 cm³/mol. The Bertz CT molecular complexity index is 633. The molecule has 0 saturated heterocycles. The van der Waals surface area contributed by atoms with Gasteiger partial charge in [-0.2, -0.15) is 0 Å². The fourth-order valence-corrected chi connectivity index (χ4v) is 5.44. The summed E-state index contributed by atoms with van der Waals surface area (Å²) in [6.07, 6.45) is 6.01. The summed E-state index contributed by atoms with van der Waals surface area (Å²) in [6, 6.07) is 7.17. The largest absolute Gasteiger partial charge is 0.465 e. The zero-order chi connectivity index (χ0) is 17.5. The molecule has 2 aliphatic rings. The van der Waals surface area contributed by atoms with Crippen LogP contribution in [-0.4, -0.2) is 12.6 Å². The van der Waals surface area contributed by atoms with E-state index in [9.17, 15) is 4.79 Å². The third-order valence-electron chi connectivity index (χ3n) is 6.77. The molecule has 0 N–H and O–H groups in total. The van der Waals surface area contributed by atoms with Crippen molar-refractivity contribution in [2.45, 2.75) is 78.1 Å².